The molecule has 4 rings (SSSR count). The SMILES string of the molecule is CC(=O)CNC1(c2ccccc2)CCN(CC2CC2(C(=O)O)c2ccc(F)c(F)c2)CC1. The standard InChI is InChI=1S/C25H28F2N2O3/c1-17(30)15-28-24(18-5-3-2-4-6-18)9-11-29(12-10-24)16-20-14-25(20,23(31)32)19-7-8-21(26)22(27)13-19/h2-8,13,20,28H,9-12,14-16H2,1H3,(H,31,32). The Morgan fingerprint density at radius 2 is 1.75 bits per heavy atom. The molecular weight excluding hydrogens is 414 g/mol. The van der Waals surface area contributed by atoms with Crippen LogP contribution in [0, 0.1) is 17.6 Å². The van der Waals surface area contributed by atoms with Crippen LogP contribution in [0.25, 0.3) is 0 Å². The Morgan fingerprint density at radius 3 is 2.34 bits per heavy atom. The van der Waals surface area contributed by atoms with Crippen LogP contribution in [0.1, 0.15) is 37.3 Å². The van der Waals surface area contributed by atoms with Crippen molar-refractivity contribution in [3.8, 4) is 0 Å². The molecular formula is C25H28F2N2O3. The van der Waals surface area contributed by atoms with Crippen molar-refractivity contribution in [3.63, 3.8) is 0 Å². The fourth-order valence-corrected chi connectivity index (χ4v) is 5.11. The molecule has 0 spiro atoms. The molecule has 1 saturated heterocycles. The maximum Gasteiger partial charge on any atom is 0.314 e. The van der Waals surface area contributed by atoms with E-state index in [-0.39, 0.29) is 17.2 Å². The van der Waals surface area contributed by atoms with Crippen LogP contribution in [0.3, 0.4) is 0 Å². The molecule has 32 heavy (non-hydrogen) atoms. The topological polar surface area (TPSA) is 69.6 Å². The van der Waals surface area contributed by atoms with E-state index in [0.717, 1.165) is 43.6 Å². The second-order valence-corrected chi connectivity index (χ2v) is 9.11. The van der Waals surface area contributed by atoms with Gasteiger partial charge in [-0.25, -0.2) is 8.78 Å². The van der Waals surface area contributed by atoms with Gasteiger partial charge in [0.1, 0.15) is 5.78 Å². The highest BCUT2D eigenvalue weighted by molar-refractivity contribution is 5.86. The van der Waals surface area contributed by atoms with Gasteiger partial charge in [0, 0.05) is 25.2 Å². The third-order valence-corrected chi connectivity index (χ3v) is 7.11. The van der Waals surface area contributed by atoms with Gasteiger partial charge in [0.25, 0.3) is 0 Å². The molecule has 2 aliphatic rings. The van der Waals surface area contributed by atoms with Crippen LogP contribution >= 0.6 is 0 Å². The number of ketones is 1. The molecule has 2 fully saturated rings. The lowest BCUT2D eigenvalue weighted by Gasteiger charge is -2.43. The van der Waals surface area contributed by atoms with Gasteiger partial charge < -0.3 is 15.3 Å². The van der Waals surface area contributed by atoms with Crippen LogP contribution in [0.5, 0.6) is 0 Å². The molecule has 0 radical (unpaired) electrons. The van der Waals surface area contributed by atoms with E-state index in [1.807, 2.05) is 18.2 Å². The van der Waals surface area contributed by atoms with Crippen LogP contribution in [-0.4, -0.2) is 47.9 Å². The van der Waals surface area contributed by atoms with Gasteiger partial charge in [-0.15, -0.1) is 0 Å². The molecule has 1 aliphatic heterocycles. The number of carbonyl (C=O) groups is 2. The average Bonchev–Trinajstić information content (AvgIpc) is 3.51. The summed E-state index contributed by atoms with van der Waals surface area (Å²) in [5.74, 6) is -3.06. The molecule has 2 aromatic carbocycles. The number of nitrogens with one attached hydrogen (secondary N) is 1. The molecule has 1 aliphatic carbocycles. The summed E-state index contributed by atoms with van der Waals surface area (Å²) in [6.07, 6.45) is 2.00. The predicted octanol–water partition coefficient (Wildman–Crippen LogP) is 3.48. The van der Waals surface area contributed by atoms with Gasteiger partial charge in [-0.05, 0) is 55.4 Å². The maximum atomic E-state index is 13.8. The molecule has 2 N–H and O–H groups in total. The average molecular weight is 443 g/mol. The number of benzene rings is 2. The van der Waals surface area contributed by atoms with E-state index < -0.39 is 23.0 Å². The molecule has 0 bridgehead atoms. The third-order valence-electron chi connectivity index (χ3n) is 7.11. The van der Waals surface area contributed by atoms with E-state index in [1.54, 1.807) is 6.92 Å². The highest BCUT2D eigenvalue weighted by Crippen LogP contribution is 2.55. The minimum absolute atomic E-state index is 0.0819. The summed E-state index contributed by atoms with van der Waals surface area (Å²) in [7, 11) is 0. The number of hydrogen-bond donors (Lipinski definition) is 2. The van der Waals surface area contributed by atoms with Crippen LogP contribution in [0.4, 0.5) is 8.78 Å². The smallest absolute Gasteiger partial charge is 0.314 e. The van der Waals surface area contributed by atoms with Gasteiger partial charge in [0.15, 0.2) is 11.6 Å². The van der Waals surface area contributed by atoms with Crippen molar-refractivity contribution in [2.24, 2.45) is 5.92 Å². The second-order valence-electron chi connectivity index (χ2n) is 9.11. The normalized spacial score (nSPS) is 24.8. The summed E-state index contributed by atoms with van der Waals surface area (Å²) < 4.78 is 27.1. The Bertz CT molecular complexity index is 1010. The van der Waals surface area contributed by atoms with Crippen molar-refractivity contribution >= 4 is 11.8 Å². The fourth-order valence-electron chi connectivity index (χ4n) is 5.11. The lowest BCUT2D eigenvalue weighted by Crippen LogP contribution is -2.52. The number of aliphatic carboxylic acids is 1. The highest BCUT2D eigenvalue weighted by Gasteiger charge is 2.62. The molecule has 0 amide bonds. The third kappa shape index (κ3) is 4.19. The molecule has 2 atom stereocenters. The highest BCUT2D eigenvalue weighted by atomic mass is 19.2. The summed E-state index contributed by atoms with van der Waals surface area (Å²) >= 11 is 0. The molecule has 170 valence electrons. The van der Waals surface area contributed by atoms with Crippen molar-refractivity contribution in [3.05, 3.63) is 71.3 Å². The quantitative estimate of drug-likeness (QED) is 0.655. The molecule has 0 aromatic heterocycles. The zero-order chi connectivity index (χ0) is 22.9. The van der Waals surface area contributed by atoms with Crippen molar-refractivity contribution in [2.45, 2.75) is 37.1 Å². The monoisotopic (exact) mass is 442 g/mol. The van der Waals surface area contributed by atoms with E-state index in [9.17, 15) is 23.5 Å². The number of halogens is 2. The van der Waals surface area contributed by atoms with Gasteiger partial charge >= 0.3 is 5.97 Å². The zero-order valence-electron chi connectivity index (χ0n) is 18.1. The first-order chi connectivity index (χ1) is 15.3. The van der Waals surface area contributed by atoms with E-state index in [0.29, 0.717) is 25.1 Å². The van der Waals surface area contributed by atoms with Crippen molar-refractivity contribution in [1.82, 2.24) is 10.2 Å². The number of carbonyl (C=O) groups excluding carboxylic acids is 1. The van der Waals surface area contributed by atoms with Crippen LogP contribution < -0.4 is 5.32 Å². The van der Waals surface area contributed by atoms with Crippen LogP contribution in [0.2, 0.25) is 0 Å². The number of nitrogens with zero attached hydrogens (tertiary/aromatic N) is 1. The number of carboxylic acids is 1. The Morgan fingerprint density at radius 1 is 1.06 bits per heavy atom. The van der Waals surface area contributed by atoms with Gasteiger partial charge in [-0.2, -0.15) is 0 Å². The molecule has 2 aromatic rings. The minimum Gasteiger partial charge on any atom is -0.481 e. The first-order valence-corrected chi connectivity index (χ1v) is 11.0. The maximum absolute atomic E-state index is 13.8. The Kier molecular flexibility index (Phi) is 6.14. The second kappa shape index (κ2) is 8.71. The number of rotatable bonds is 8. The van der Waals surface area contributed by atoms with Crippen molar-refractivity contribution in [2.75, 3.05) is 26.2 Å². The number of Topliss-reactive ketones (excluding diaryl/α,β-unsaturated/α-hetero) is 1. The number of likely N-dealkylation sites (tertiary alicyclic amines) is 1. The number of piperidine rings is 1. The van der Waals surface area contributed by atoms with Gasteiger partial charge in [-0.1, -0.05) is 36.4 Å². The Labute approximate surface area is 186 Å². The number of hydrogen-bond acceptors (Lipinski definition) is 4. The van der Waals surface area contributed by atoms with E-state index >= 15 is 0 Å². The largest absolute Gasteiger partial charge is 0.481 e. The molecule has 5 nitrogen and oxygen atoms in total. The predicted molar refractivity (Wildman–Crippen MR) is 116 cm³/mol. The lowest BCUT2D eigenvalue weighted by atomic mass is 9.80. The first-order valence-electron chi connectivity index (χ1n) is 11.0. The summed E-state index contributed by atoms with van der Waals surface area (Å²) in [4.78, 5) is 25.9. The van der Waals surface area contributed by atoms with Crippen molar-refractivity contribution in [1.29, 1.82) is 0 Å². The van der Waals surface area contributed by atoms with E-state index in [4.69, 9.17) is 0 Å². The zero-order valence-corrected chi connectivity index (χ0v) is 18.1. The summed E-state index contributed by atoms with van der Waals surface area (Å²) in [6.45, 7) is 3.96. The van der Waals surface area contributed by atoms with Gasteiger partial charge in [0.05, 0.1) is 12.0 Å². The molecule has 7 heteroatoms. The summed E-state index contributed by atoms with van der Waals surface area (Å²) in [5, 5.41) is 13.4. The Balaban J connectivity index is 1.45. The van der Waals surface area contributed by atoms with Gasteiger partial charge in [0.2, 0.25) is 0 Å². The van der Waals surface area contributed by atoms with Crippen LogP contribution in [0.15, 0.2) is 48.5 Å². The number of carboxylic acid groups (broad SMARTS) is 1. The lowest BCUT2D eigenvalue weighted by molar-refractivity contribution is -0.140. The summed E-state index contributed by atoms with van der Waals surface area (Å²) in [6, 6.07) is 13.5. The van der Waals surface area contributed by atoms with Crippen molar-refractivity contribution < 1.29 is 23.5 Å². The minimum atomic E-state index is -1.16. The van der Waals surface area contributed by atoms with Crippen LogP contribution in [-0.2, 0) is 20.5 Å². The fraction of sp³-hybridized carbons (Fsp3) is 0.440. The molecule has 1 saturated carbocycles. The molecule has 2 unspecified atom stereocenters. The van der Waals surface area contributed by atoms with E-state index in [1.165, 1.54) is 6.07 Å². The Hall–Kier alpha value is -2.64. The summed E-state index contributed by atoms with van der Waals surface area (Å²) in [5.41, 5.74) is 0.0217. The van der Waals surface area contributed by atoms with Gasteiger partial charge in [-0.3, -0.25) is 9.59 Å². The first kappa shape index (κ1) is 22.6. The van der Waals surface area contributed by atoms with E-state index in [2.05, 4.69) is 22.3 Å². The molecule has 1 heterocycles.